The molecule has 0 aliphatic carbocycles. The summed E-state index contributed by atoms with van der Waals surface area (Å²) in [6.45, 7) is 6.04. The Kier molecular flexibility index (Phi) is 6.74. The number of ether oxygens (including phenoxy) is 1. The molecule has 0 spiro atoms. The first-order valence-corrected chi connectivity index (χ1v) is 11.5. The van der Waals surface area contributed by atoms with Gasteiger partial charge < -0.3 is 15.4 Å². The minimum absolute atomic E-state index is 0.225. The molecule has 0 fully saturated rings. The summed E-state index contributed by atoms with van der Waals surface area (Å²) in [5.41, 5.74) is 4.75. The van der Waals surface area contributed by atoms with Crippen LogP contribution in [0.2, 0.25) is 0 Å². The summed E-state index contributed by atoms with van der Waals surface area (Å²) in [5, 5.41) is 18.2. The van der Waals surface area contributed by atoms with Crippen LogP contribution in [0.1, 0.15) is 29.7 Å². The van der Waals surface area contributed by atoms with Crippen LogP contribution in [0.15, 0.2) is 65.0 Å². The number of thioether (sulfide) groups is 1. The van der Waals surface area contributed by atoms with E-state index >= 15 is 0 Å². The van der Waals surface area contributed by atoms with Gasteiger partial charge in [0.25, 0.3) is 0 Å². The molecule has 2 heterocycles. The zero-order valence-corrected chi connectivity index (χ0v) is 19.3. The molecule has 2 aromatic carbocycles. The van der Waals surface area contributed by atoms with Gasteiger partial charge in [0.2, 0.25) is 5.16 Å². The summed E-state index contributed by atoms with van der Waals surface area (Å²) in [4.78, 5) is 25.3. The number of benzene rings is 2. The van der Waals surface area contributed by atoms with Gasteiger partial charge in [0, 0.05) is 11.4 Å². The Morgan fingerprint density at radius 2 is 1.94 bits per heavy atom. The number of hydrogen-bond donors (Lipinski definition) is 2. The predicted octanol–water partition coefficient (Wildman–Crippen LogP) is 3.24. The van der Waals surface area contributed by atoms with Crippen LogP contribution < -0.4 is 10.6 Å². The second-order valence-electron chi connectivity index (χ2n) is 7.49. The van der Waals surface area contributed by atoms with Crippen molar-refractivity contribution in [3.05, 3.63) is 76.5 Å². The Labute approximate surface area is 195 Å². The third-order valence-electron chi connectivity index (χ3n) is 5.30. The third-order valence-corrected chi connectivity index (χ3v) is 6.25. The van der Waals surface area contributed by atoms with Gasteiger partial charge in [0.15, 0.2) is 0 Å². The van der Waals surface area contributed by atoms with Crippen molar-refractivity contribution >= 4 is 23.8 Å². The second kappa shape index (κ2) is 9.86. The monoisotopic (exact) mass is 464 g/mol. The number of nitrogens with zero attached hydrogens (tertiary/aromatic N) is 4. The van der Waals surface area contributed by atoms with E-state index in [1.54, 1.807) is 11.6 Å². The Balaban J connectivity index is 1.66. The first kappa shape index (κ1) is 22.5. The highest BCUT2D eigenvalue weighted by Crippen LogP contribution is 2.30. The molecule has 0 saturated carbocycles. The van der Waals surface area contributed by atoms with Crippen LogP contribution in [0, 0.1) is 13.8 Å². The van der Waals surface area contributed by atoms with Crippen LogP contribution in [0.3, 0.4) is 0 Å². The normalized spacial score (nSPS) is 15.7. The fourth-order valence-electron chi connectivity index (χ4n) is 3.50. The standard InChI is InChI=1S/C23H24N6O3S/c1-4-32-21(30)19-18(24-22(31)25-20(19)16-8-6-5-7-9-16)13-33-23-26-27-28-29(23)17-11-10-14(2)15(3)12-17/h5-12,20H,4,13H2,1-3H3,(H2,24,25,31). The molecule has 0 saturated heterocycles. The molecule has 2 N–H and O–H groups in total. The highest BCUT2D eigenvalue weighted by atomic mass is 32.2. The van der Waals surface area contributed by atoms with Crippen LogP contribution in [0.4, 0.5) is 4.79 Å². The van der Waals surface area contributed by atoms with E-state index in [-0.39, 0.29) is 18.4 Å². The summed E-state index contributed by atoms with van der Waals surface area (Å²) in [7, 11) is 0. The van der Waals surface area contributed by atoms with Crippen molar-refractivity contribution in [3.8, 4) is 5.69 Å². The molecule has 3 aromatic rings. The van der Waals surface area contributed by atoms with Gasteiger partial charge in [0.1, 0.15) is 0 Å². The maximum Gasteiger partial charge on any atom is 0.338 e. The molecule has 0 radical (unpaired) electrons. The average Bonchev–Trinajstić information content (AvgIpc) is 3.28. The lowest BCUT2D eigenvalue weighted by Gasteiger charge is -2.29. The topological polar surface area (TPSA) is 111 Å². The number of hydrogen-bond acceptors (Lipinski definition) is 7. The van der Waals surface area contributed by atoms with E-state index in [1.165, 1.54) is 17.3 Å². The van der Waals surface area contributed by atoms with Gasteiger partial charge in [-0.15, -0.1) is 5.10 Å². The van der Waals surface area contributed by atoms with Crippen molar-refractivity contribution in [3.63, 3.8) is 0 Å². The maximum atomic E-state index is 12.9. The van der Waals surface area contributed by atoms with E-state index in [1.807, 2.05) is 62.4 Å². The number of aromatic nitrogens is 4. The molecule has 1 aliphatic rings. The first-order valence-electron chi connectivity index (χ1n) is 10.5. The number of esters is 1. The molecule has 170 valence electrons. The Morgan fingerprint density at radius 3 is 2.67 bits per heavy atom. The zero-order valence-electron chi connectivity index (χ0n) is 18.5. The Morgan fingerprint density at radius 1 is 1.15 bits per heavy atom. The van der Waals surface area contributed by atoms with Crippen LogP contribution in [-0.2, 0) is 9.53 Å². The number of amides is 2. The number of tetrazole rings is 1. The largest absolute Gasteiger partial charge is 0.463 e. The molecule has 0 bridgehead atoms. The van der Waals surface area contributed by atoms with Crippen molar-refractivity contribution < 1.29 is 14.3 Å². The van der Waals surface area contributed by atoms with Crippen molar-refractivity contribution in [2.45, 2.75) is 32.0 Å². The number of nitrogens with one attached hydrogen (secondary N) is 2. The lowest BCUT2D eigenvalue weighted by Crippen LogP contribution is -2.46. The highest BCUT2D eigenvalue weighted by molar-refractivity contribution is 7.99. The van der Waals surface area contributed by atoms with Crippen molar-refractivity contribution in [2.75, 3.05) is 12.4 Å². The molecule has 1 unspecified atom stereocenters. The minimum Gasteiger partial charge on any atom is -0.463 e. The number of carbonyl (C=O) groups excluding carboxylic acids is 2. The molecule has 33 heavy (non-hydrogen) atoms. The summed E-state index contributed by atoms with van der Waals surface area (Å²) in [5.74, 6) is -0.209. The SMILES string of the molecule is CCOC(=O)C1=C(CSc2nnnn2-c2ccc(C)c(C)c2)NC(=O)NC1c1ccccc1. The summed E-state index contributed by atoms with van der Waals surface area (Å²) in [6, 6.07) is 14.3. The predicted molar refractivity (Wildman–Crippen MR) is 124 cm³/mol. The molecular weight excluding hydrogens is 440 g/mol. The smallest absolute Gasteiger partial charge is 0.338 e. The molecule has 2 amide bonds. The molecule has 4 rings (SSSR count). The van der Waals surface area contributed by atoms with Gasteiger partial charge in [-0.1, -0.05) is 48.2 Å². The molecular formula is C23H24N6O3S. The van der Waals surface area contributed by atoms with Gasteiger partial charge >= 0.3 is 12.0 Å². The highest BCUT2D eigenvalue weighted by Gasteiger charge is 2.33. The van der Waals surface area contributed by atoms with Gasteiger partial charge in [0.05, 0.1) is 23.9 Å². The summed E-state index contributed by atoms with van der Waals surface area (Å²) < 4.78 is 6.95. The fraction of sp³-hybridized carbons (Fsp3) is 0.261. The zero-order chi connectivity index (χ0) is 23.4. The number of urea groups is 1. The summed E-state index contributed by atoms with van der Waals surface area (Å²) >= 11 is 1.32. The van der Waals surface area contributed by atoms with Crippen molar-refractivity contribution in [1.82, 2.24) is 30.8 Å². The van der Waals surface area contributed by atoms with Crippen LogP contribution in [0.25, 0.3) is 5.69 Å². The molecule has 1 atom stereocenters. The van der Waals surface area contributed by atoms with Crippen molar-refractivity contribution in [1.29, 1.82) is 0 Å². The lowest BCUT2D eigenvalue weighted by molar-refractivity contribution is -0.139. The molecule has 9 nitrogen and oxygen atoms in total. The van der Waals surface area contributed by atoms with Crippen molar-refractivity contribution in [2.24, 2.45) is 0 Å². The molecule has 1 aromatic heterocycles. The lowest BCUT2D eigenvalue weighted by atomic mass is 9.95. The van der Waals surface area contributed by atoms with Crippen LogP contribution >= 0.6 is 11.8 Å². The fourth-order valence-corrected chi connectivity index (χ4v) is 4.36. The van der Waals surface area contributed by atoms with E-state index in [4.69, 9.17) is 4.74 Å². The minimum atomic E-state index is -0.620. The Bertz CT molecular complexity index is 1210. The number of carbonyl (C=O) groups is 2. The second-order valence-corrected chi connectivity index (χ2v) is 8.43. The van der Waals surface area contributed by atoms with Gasteiger partial charge in [-0.3, -0.25) is 0 Å². The van der Waals surface area contributed by atoms with E-state index < -0.39 is 12.0 Å². The molecule has 10 heteroatoms. The average molecular weight is 465 g/mol. The number of rotatable bonds is 7. The van der Waals surface area contributed by atoms with Gasteiger partial charge in [-0.25, -0.2) is 9.59 Å². The first-order chi connectivity index (χ1) is 16.0. The number of aryl methyl sites for hydroxylation is 2. The third kappa shape index (κ3) is 4.90. The van der Waals surface area contributed by atoms with E-state index in [0.717, 1.165) is 16.8 Å². The van der Waals surface area contributed by atoms with Gasteiger partial charge in [-0.05, 0) is 60.0 Å². The molecule has 1 aliphatic heterocycles. The van der Waals surface area contributed by atoms with Crippen LogP contribution in [0.5, 0.6) is 0 Å². The summed E-state index contributed by atoms with van der Waals surface area (Å²) in [6.07, 6.45) is 0. The van der Waals surface area contributed by atoms with Crippen LogP contribution in [-0.4, -0.2) is 44.6 Å². The quantitative estimate of drug-likeness (QED) is 0.408. The van der Waals surface area contributed by atoms with E-state index in [0.29, 0.717) is 16.4 Å². The van der Waals surface area contributed by atoms with E-state index in [2.05, 4.69) is 26.2 Å². The maximum absolute atomic E-state index is 12.9. The van der Waals surface area contributed by atoms with Gasteiger partial charge in [-0.2, -0.15) is 4.68 Å². The van der Waals surface area contributed by atoms with E-state index in [9.17, 15) is 9.59 Å². The Hall–Kier alpha value is -3.66.